The van der Waals surface area contributed by atoms with E-state index in [0.717, 1.165) is 16.3 Å². The molecule has 1 aliphatic heterocycles. The number of aliphatic hydroxyl groups excluding tert-OH is 1. The average Bonchev–Trinajstić information content (AvgIpc) is 3.46. The lowest BCUT2D eigenvalue weighted by atomic mass is 9.91. The van der Waals surface area contributed by atoms with Crippen LogP contribution in [0.5, 0.6) is 5.75 Å². The molecule has 6 heteroatoms. The highest BCUT2D eigenvalue weighted by molar-refractivity contribution is 6.46. The van der Waals surface area contributed by atoms with Crippen molar-refractivity contribution in [3.63, 3.8) is 0 Å². The number of amides is 1. The molecule has 1 aromatic heterocycles. The molecule has 2 heterocycles. The van der Waals surface area contributed by atoms with E-state index in [1.807, 2.05) is 42.5 Å². The maximum atomic E-state index is 13.3. The van der Waals surface area contributed by atoms with Gasteiger partial charge >= 0.3 is 0 Å². The van der Waals surface area contributed by atoms with Gasteiger partial charge in [0.2, 0.25) is 0 Å². The number of ether oxygens (including phenoxy) is 1. The first kappa shape index (κ1) is 20.6. The molecular weight excluding hydrogens is 418 g/mol. The zero-order chi connectivity index (χ0) is 22.9. The second-order valence-electron chi connectivity index (χ2n) is 7.81. The second-order valence-corrected chi connectivity index (χ2v) is 7.81. The van der Waals surface area contributed by atoms with E-state index < -0.39 is 17.7 Å². The summed E-state index contributed by atoms with van der Waals surface area (Å²) in [7, 11) is 1.53. The summed E-state index contributed by atoms with van der Waals surface area (Å²) in [5.74, 6) is -0.588. The lowest BCUT2D eigenvalue weighted by Gasteiger charge is -2.25. The van der Waals surface area contributed by atoms with Gasteiger partial charge in [-0.2, -0.15) is 0 Å². The van der Waals surface area contributed by atoms with E-state index in [4.69, 9.17) is 9.15 Å². The number of likely N-dealkylation sites (tertiary alicyclic amines) is 1. The number of aliphatic hydroxyl groups is 1. The van der Waals surface area contributed by atoms with Gasteiger partial charge in [-0.15, -0.1) is 0 Å². The smallest absolute Gasteiger partial charge is 0.296 e. The molecule has 164 valence electrons. The predicted octanol–water partition coefficient (Wildman–Crippen LogP) is 5.06. The number of furan rings is 1. The molecule has 0 aliphatic carbocycles. The van der Waals surface area contributed by atoms with Crippen LogP contribution in [0.15, 0.2) is 95.1 Å². The molecule has 1 atom stereocenters. The van der Waals surface area contributed by atoms with E-state index in [0.29, 0.717) is 17.1 Å². The van der Waals surface area contributed by atoms with E-state index in [-0.39, 0.29) is 17.9 Å². The van der Waals surface area contributed by atoms with Crippen LogP contribution in [-0.2, 0) is 16.1 Å². The summed E-state index contributed by atoms with van der Waals surface area (Å²) < 4.78 is 10.7. The van der Waals surface area contributed by atoms with Crippen molar-refractivity contribution in [3.8, 4) is 5.75 Å². The fourth-order valence-electron chi connectivity index (χ4n) is 4.35. The highest BCUT2D eigenvalue weighted by atomic mass is 16.5. The topological polar surface area (TPSA) is 80.0 Å². The summed E-state index contributed by atoms with van der Waals surface area (Å²) in [6.07, 6.45) is 1.52. The monoisotopic (exact) mass is 439 g/mol. The molecule has 0 radical (unpaired) electrons. The molecule has 5 rings (SSSR count). The SMILES string of the molecule is COc1cccc(/C(O)=C2/C(=O)C(=O)N(Cc3ccco3)C2c2cccc3ccccc23)c1. The van der Waals surface area contributed by atoms with Gasteiger partial charge in [0.15, 0.2) is 0 Å². The van der Waals surface area contributed by atoms with Crippen LogP contribution >= 0.6 is 0 Å². The van der Waals surface area contributed by atoms with E-state index in [2.05, 4.69) is 0 Å². The lowest BCUT2D eigenvalue weighted by Crippen LogP contribution is -2.29. The second kappa shape index (κ2) is 8.31. The largest absolute Gasteiger partial charge is 0.507 e. The fourth-order valence-corrected chi connectivity index (χ4v) is 4.35. The molecule has 3 aromatic carbocycles. The predicted molar refractivity (Wildman–Crippen MR) is 123 cm³/mol. The van der Waals surface area contributed by atoms with Gasteiger partial charge in [0.05, 0.1) is 31.5 Å². The normalized spacial score (nSPS) is 17.6. The number of hydrogen-bond donors (Lipinski definition) is 1. The quantitative estimate of drug-likeness (QED) is 0.267. The molecular formula is C27H21NO5. The van der Waals surface area contributed by atoms with E-state index in [1.165, 1.54) is 18.3 Å². The summed E-state index contributed by atoms with van der Waals surface area (Å²) in [5.41, 5.74) is 1.19. The zero-order valence-corrected chi connectivity index (χ0v) is 17.9. The number of methoxy groups -OCH3 is 1. The number of rotatable bonds is 5. The molecule has 33 heavy (non-hydrogen) atoms. The minimum atomic E-state index is -0.785. The maximum absolute atomic E-state index is 13.3. The van der Waals surface area contributed by atoms with Crippen molar-refractivity contribution >= 4 is 28.2 Å². The summed E-state index contributed by atoms with van der Waals surface area (Å²) in [4.78, 5) is 27.9. The van der Waals surface area contributed by atoms with Gasteiger partial charge in [-0.3, -0.25) is 9.59 Å². The Kier molecular flexibility index (Phi) is 5.18. The van der Waals surface area contributed by atoms with Crippen molar-refractivity contribution in [2.75, 3.05) is 7.11 Å². The number of hydrogen-bond acceptors (Lipinski definition) is 5. The summed E-state index contributed by atoms with van der Waals surface area (Å²) in [6.45, 7) is 0.0976. The standard InChI is InChI=1S/C27H21NO5/c1-32-19-10-4-9-18(15-19)25(29)23-24(22-13-5-8-17-7-2-3-12-21(17)22)28(27(31)26(23)30)16-20-11-6-14-33-20/h2-15,24,29H,16H2,1H3/b25-23-. The van der Waals surface area contributed by atoms with Gasteiger partial charge < -0.3 is 19.2 Å². The zero-order valence-electron chi connectivity index (χ0n) is 17.9. The summed E-state index contributed by atoms with van der Waals surface area (Å²) in [5, 5.41) is 13.1. The molecule has 1 fully saturated rings. The Morgan fingerprint density at radius 1 is 1.00 bits per heavy atom. The molecule has 1 unspecified atom stereocenters. The molecule has 4 aromatic rings. The number of ketones is 1. The van der Waals surface area contributed by atoms with Gasteiger partial charge in [-0.1, -0.05) is 54.6 Å². The molecule has 1 amide bonds. The minimum absolute atomic E-state index is 0.0381. The van der Waals surface area contributed by atoms with E-state index >= 15 is 0 Å². The number of Topliss-reactive ketones (excluding diaryl/α,β-unsaturated/α-hetero) is 1. The molecule has 0 spiro atoms. The Morgan fingerprint density at radius 3 is 2.58 bits per heavy atom. The summed E-state index contributed by atoms with van der Waals surface area (Å²) in [6, 6.07) is 23.0. The van der Waals surface area contributed by atoms with Gasteiger partial charge in [-0.25, -0.2) is 0 Å². The van der Waals surface area contributed by atoms with Crippen LogP contribution in [0, 0.1) is 0 Å². The maximum Gasteiger partial charge on any atom is 0.296 e. The fraction of sp³-hybridized carbons (Fsp3) is 0.111. The Hall–Kier alpha value is -4.32. The van der Waals surface area contributed by atoms with Crippen molar-refractivity contribution in [1.82, 2.24) is 4.90 Å². The Balaban J connectivity index is 1.74. The van der Waals surface area contributed by atoms with Crippen LogP contribution in [0.4, 0.5) is 0 Å². The highest BCUT2D eigenvalue weighted by Crippen LogP contribution is 2.42. The van der Waals surface area contributed by atoms with Crippen molar-refractivity contribution in [2.45, 2.75) is 12.6 Å². The van der Waals surface area contributed by atoms with Crippen molar-refractivity contribution < 1.29 is 23.8 Å². The third-order valence-electron chi connectivity index (χ3n) is 5.91. The third kappa shape index (κ3) is 3.55. The molecule has 1 saturated heterocycles. The number of fused-ring (bicyclic) bond motifs is 1. The number of benzene rings is 3. The van der Waals surface area contributed by atoms with Crippen LogP contribution in [0.1, 0.15) is 22.9 Å². The van der Waals surface area contributed by atoms with Crippen LogP contribution < -0.4 is 4.74 Å². The Bertz CT molecular complexity index is 1380. The van der Waals surface area contributed by atoms with Gasteiger partial charge in [0.1, 0.15) is 17.3 Å². The molecule has 6 nitrogen and oxygen atoms in total. The minimum Gasteiger partial charge on any atom is -0.507 e. The first-order chi connectivity index (χ1) is 16.1. The Labute approximate surface area is 190 Å². The van der Waals surface area contributed by atoms with Crippen LogP contribution in [0.2, 0.25) is 0 Å². The van der Waals surface area contributed by atoms with Crippen molar-refractivity contribution in [3.05, 3.63) is 108 Å². The molecule has 1 aliphatic rings. The van der Waals surface area contributed by atoms with Gasteiger partial charge in [-0.05, 0) is 40.6 Å². The lowest BCUT2D eigenvalue weighted by molar-refractivity contribution is -0.140. The average molecular weight is 439 g/mol. The van der Waals surface area contributed by atoms with Gasteiger partial charge in [0.25, 0.3) is 11.7 Å². The number of carbonyl (C=O) groups is 2. The van der Waals surface area contributed by atoms with Crippen molar-refractivity contribution in [1.29, 1.82) is 0 Å². The van der Waals surface area contributed by atoms with Crippen LogP contribution in [-0.4, -0.2) is 28.8 Å². The number of nitrogens with zero attached hydrogens (tertiary/aromatic N) is 1. The molecule has 1 N–H and O–H groups in total. The first-order valence-electron chi connectivity index (χ1n) is 10.5. The third-order valence-corrected chi connectivity index (χ3v) is 5.91. The van der Waals surface area contributed by atoms with E-state index in [1.54, 1.807) is 36.4 Å². The summed E-state index contributed by atoms with van der Waals surface area (Å²) >= 11 is 0. The number of carbonyl (C=O) groups excluding carboxylic acids is 2. The van der Waals surface area contributed by atoms with Crippen molar-refractivity contribution in [2.24, 2.45) is 0 Å². The van der Waals surface area contributed by atoms with Gasteiger partial charge in [0, 0.05) is 5.56 Å². The Morgan fingerprint density at radius 2 is 1.79 bits per heavy atom. The van der Waals surface area contributed by atoms with Crippen LogP contribution in [0.25, 0.3) is 16.5 Å². The molecule has 0 saturated carbocycles. The van der Waals surface area contributed by atoms with Crippen LogP contribution in [0.3, 0.4) is 0 Å². The first-order valence-corrected chi connectivity index (χ1v) is 10.5. The van der Waals surface area contributed by atoms with E-state index in [9.17, 15) is 14.7 Å². The highest BCUT2D eigenvalue weighted by Gasteiger charge is 2.46. The molecule has 0 bridgehead atoms.